The van der Waals surface area contributed by atoms with Crippen molar-refractivity contribution in [3.05, 3.63) is 47.5 Å². The minimum Gasteiger partial charge on any atom is -0.481 e. The van der Waals surface area contributed by atoms with Gasteiger partial charge >= 0.3 is 11.9 Å². The topological polar surface area (TPSA) is 137 Å². The lowest BCUT2D eigenvalue weighted by atomic mass is 9.33. The molecule has 0 heterocycles. The quantitative estimate of drug-likeness (QED) is 0.126. The molecule has 4 saturated carbocycles. The van der Waals surface area contributed by atoms with E-state index in [9.17, 15) is 19.2 Å². The summed E-state index contributed by atoms with van der Waals surface area (Å²) >= 11 is 0. The van der Waals surface area contributed by atoms with Crippen LogP contribution in [0.3, 0.4) is 0 Å². The molecule has 5 aliphatic rings. The first kappa shape index (κ1) is 43.5. The number of rotatable bonds is 16. The van der Waals surface area contributed by atoms with E-state index in [1.165, 1.54) is 5.57 Å². The highest BCUT2D eigenvalue weighted by Gasteiger charge is 2.70. The molecule has 0 aromatic heterocycles. The van der Waals surface area contributed by atoms with E-state index < -0.39 is 11.4 Å². The van der Waals surface area contributed by atoms with Gasteiger partial charge in [0, 0.05) is 18.4 Å². The van der Waals surface area contributed by atoms with Gasteiger partial charge in [0.15, 0.2) is 5.78 Å². The zero-order chi connectivity index (χ0) is 41.3. The Morgan fingerprint density at radius 2 is 1.44 bits per heavy atom. The Morgan fingerprint density at radius 1 is 0.789 bits per heavy atom. The van der Waals surface area contributed by atoms with E-state index in [0.717, 1.165) is 56.9 Å². The molecular weight excluding hydrogens is 723 g/mol. The number of nitrogens with one attached hydrogen (secondary N) is 1. The van der Waals surface area contributed by atoms with Crippen molar-refractivity contribution in [1.82, 2.24) is 5.32 Å². The molecule has 9 atom stereocenters. The number of ether oxygens (including phenoxy) is 4. The number of hydrogen-bond acceptors (Lipinski definition) is 8. The molecule has 57 heavy (non-hydrogen) atoms. The van der Waals surface area contributed by atoms with Gasteiger partial charge in [-0.1, -0.05) is 77.4 Å². The second kappa shape index (κ2) is 16.9. The number of benzene rings is 1. The molecule has 0 unspecified atom stereocenters. The van der Waals surface area contributed by atoms with E-state index in [0.29, 0.717) is 46.0 Å². The first-order valence-corrected chi connectivity index (χ1v) is 21.6. The molecule has 4 fully saturated rings. The number of carbonyl (C=O) groups is 4. The molecule has 0 aliphatic heterocycles. The fraction of sp³-hybridized carbons (Fsp3) is 0.745. The Morgan fingerprint density at radius 3 is 2.12 bits per heavy atom. The fourth-order valence-electron chi connectivity index (χ4n) is 12.8. The molecular formula is C47H69NO9. The van der Waals surface area contributed by atoms with E-state index in [2.05, 4.69) is 59.9 Å². The number of hydrogen-bond donors (Lipinski definition) is 2. The van der Waals surface area contributed by atoms with E-state index >= 15 is 0 Å². The summed E-state index contributed by atoms with van der Waals surface area (Å²) in [4.78, 5) is 53.0. The molecule has 316 valence electrons. The Bertz CT molecular complexity index is 1680. The van der Waals surface area contributed by atoms with Gasteiger partial charge in [0.1, 0.15) is 6.61 Å². The van der Waals surface area contributed by atoms with Crippen LogP contribution in [0.4, 0.5) is 0 Å². The van der Waals surface area contributed by atoms with Crippen LogP contribution in [-0.2, 0) is 44.7 Å². The first-order chi connectivity index (χ1) is 26.9. The third-order valence-electron chi connectivity index (χ3n) is 16.4. The smallest absolute Gasteiger partial charge is 0.312 e. The van der Waals surface area contributed by atoms with E-state index in [-0.39, 0.29) is 88.0 Å². The molecule has 0 spiro atoms. The van der Waals surface area contributed by atoms with Crippen molar-refractivity contribution in [3.8, 4) is 0 Å². The number of esters is 1. The summed E-state index contributed by atoms with van der Waals surface area (Å²) in [5, 5.41) is 11.8. The summed E-state index contributed by atoms with van der Waals surface area (Å²) < 4.78 is 22.3. The highest BCUT2D eigenvalue weighted by atomic mass is 16.5. The van der Waals surface area contributed by atoms with Crippen LogP contribution in [0.5, 0.6) is 0 Å². The largest absolute Gasteiger partial charge is 0.481 e. The van der Waals surface area contributed by atoms with Gasteiger partial charge in [0.05, 0.1) is 51.5 Å². The molecule has 10 heteroatoms. The molecule has 1 aromatic rings. The predicted molar refractivity (Wildman–Crippen MR) is 217 cm³/mol. The molecule has 10 nitrogen and oxygen atoms in total. The van der Waals surface area contributed by atoms with Crippen molar-refractivity contribution in [3.63, 3.8) is 0 Å². The van der Waals surface area contributed by atoms with Gasteiger partial charge in [0.25, 0.3) is 0 Å². The summed E-state index contributed by atoms with van der Waals surface area (Å²) in [7, 11) is 0. The standard InChI is InChI=1S/C47H69NO9/c1-42(2)33(40(52)48-22-24-55-26-28-56-27-25-54-23-15-38(50)51)13-16-45(5)37(42)14-17-47(7)39(45)36(49)29-34-35-30-44(4,19-18-43(35,3)20-21-46(34,47)6)41(53)57-31-32-11-9-8-10-12-32/h8-12,29,33,35,37,39H,13-28,30-31H2,1-7H3,(H,48,52)(H,50,51)/t33-,35+,37+,39-,43-,44+,45+,46-,47-/m1/s1. The maximum atomic E-state index is 14.9. The van der Waals surface area contributed by atoms with Gasteiger partial charge in [-0.3, -0.25) is 19.2 Å². The number of amides is 1. The predicted octanol–water partition coefficient (Wildman–Crippen LogP) is 7.97. The number of aliphatic carboxylic acids is 1. The monoisotopic (exact) mass is 791 g/mol. The van der Waals surface area contributed by atoms with Crippen molar-refractivity contribution in [2.75, 3.05) is 46.2 Å². The molecule has 6 rings (SSSR count). The fourth-order valence-corrected chi connectivity index (χ4v) is 12.8. The molecule has 0 saturated heterocycles. The van der Waals surface area contributed by atoms with Gasteiger partial charge in [-0.05, 0) is 115 Å². The summed E-state index contributed by atoms with van der Waals surface area (Å²) in [5.74, 6) is -0.597. The van der Waals surface area contributed by atoms with Gasteiger partial charge in [-0.15, -0.1) is 0 Å². The van der Waals surface area contributed by atoms with E-state index in [1.54, 1.807) is 0 Å². The van der Waals surface area contributed by atoms with Crippen molar-refractivity contribution in [1.29, 1.82) is 0 Å². The summed E-state index contributed by atoms with van der Waals surface area (Å²) in [5.41, 5.74) is 0.812. The van der Waals surface area contributed by atoms with E-state index in [4.69, 9.17) is 24.1 Å². The van der Waals surface area contributed by atoms with Gasteiger partial charge in [0.2, 0.25) is 5.91 Å². The van der Waals surface area contributed by atoms with Crippen LogP contribution in [-0.4, -0.2) is 74.9 Å². The van der Waals surface area contributed by atoms with Gasteiger partial charge in [-0.25, -0.2) is 0 Å². The van der Waals surface area contributed by atoms with Crippen LogP contribution in [0.2, 0.25) is 0 Å². The lowest BCUT2D eigenvalue weighted by molar-refractivity contribution is -0.195. The second-order valence-electron chi connectivity index (χ2n) is 20.0. The third-order valence-corrected chi connectivity index (χ3v) is 16.4. The normalized spacial score (nSPS) is 36.8. The minimum atomic E-state index is -0.886. The number of allylic oxidation sites excluding steroid dienone is 2. The van der Waals surface area contributed by atoms with Crippen molar-refractivity contribution in [2.45, 2.75) is 119 Å². The van der Waals surface area contributed by atoms with Crippen LogP contribution in [0.25, 0.3) is 0 Å². The lowest BCUT2D eigenvalue weighted by Gasteiger charge is -2.70. The van der Waals surface area contributed by atoms with Gasteiger partial charge < -0.3 is 29.4 Å². The third kappa shape index (κ3) is 8.26. The molecule has 1 amide bonds. The van der Waals surface area contributed by atoms with Crippen LogP contribution in [0, 0.1) is 56.2 Å². The Kier molecular flexibility index (Phi) is 12.9. The van der Waals surface area contributed by atoms with Crippen LogP contribution in [0.1, 0.15) is 118 Å². The summed E-state index contributed by atoms with van der Waals surface area (Å²) in [6.45, 7) is 18.9. The van der Waals surface area contributed by atoms with Crippen LogP contribution < -0.4 is 5.32 Å². The molecule has 1 aromatic carbocycles. The zero-order valence-electron chi connectivity index (χ0n) is 35.7. The molecule has 0 bridgehead atoms. The zero-order valence-corrected chi connectivity index (χ0v) is 35.7. The lowest BCUT2D eigenvalue weighted by Crippen LogP contribution is -2.66. The molecule has 5 aliphatic carbocycles. The summed E-state index contributed by atoms with van der Waals surface area (Å²) in [6.07, 6.45) is 10.1. The number of ketones is 1. The highest BCUT2D eigenvalue weighted by molar-refractivity contribution is 5.96. The van der Waals surface area contributed by atoms with Crippen LogP contribution in [0.15, 0.2) is 42.0 Å². The average molecular weight is 792 g/mol. The number of carboxylic acid groups (broad SMARTS) is 1. The van der Waals surface area contributed by atoms with Gasteiger partial charge in [-0.2, -0.15) is 0 Å². The van der Waals surface area contributed by atoms with E-state index in [1.807, 2.05) is 30.3 Å². The van der Waals surface area contributed by atoms with Crippen molar-refractivity contribution >= 4 is 23.6 Å². The first-order valence-electron chi connectivity index (χ1n) is 21.6. The maximum Gasteiger partial charge on any atom is 0.312 e. The number of carboxylic acids is 1. The molecule has 0 radical (unpaired) electrons. The van der Waals surface area contributed by atoms with Crippen molar-refractivity contribution in [2.24, 2.45) is 56.2 Å². The summed E-state index contributed by atoms with van der Waals surface area (Å²) in [6, 6.07) is 9.87. The minimum absolute atomic E-state index is 0.0244. The van der Waals surface area contributed by atoms with Crippen molar-refractivity contribution < 1.29 is 43.2 Å². The Hall–Kier alpha value is -3.08. The second-order valence-corrected chi connectivity index (χ2v) is 20.0. The highest BCUT2D eigenvalue weighted by Crippen LogP contribution is 2.75. The molecule has 2 N–H and O–H groups in total. The maximum absolute atomic E-state index is 14.9. The average Bonchev–Trinajstić information content (AvgIpc) is 3.15. The number of fused-ring (bicyclic) bond motifs is 7. The Labute approximate surface area is 340 Å². The Balaban J connectivity index is 1.09. The van der Waals surface area contributed by atoms with Crippen LogP contribution >= 0.6 is 0 Å². The number of carbonyl (C=O) groups excluding carboxylic acids is 3. The SMILES string of the molecule is CC1(C)[C@@H](C(=O)NCCOCCOCCOCCC(=O)O)CC[C@]2(C)[C@H]3C(=O)C=C4[C@@H]5C[C@@](C)(C(=O)OCc6ccccc6)CC[C@]5(C)CC[C@@]4(C)[C@]3(C)CC[C@@H]12.